The summed E-state index contributed by atoms with van der Waals surface area (Å²) in [6.07, 6.45) is 12.4. The molecule has 9 aromatic rings. The van der Waals surface area contributed by atoms with Crippen LogP contribution in [0.25, 0.3) is 82.5 Å². The van der Waals surface area contributed by atoms with Gasteiger partial charge in [-0.15, -0.1) is 0 Å². The van der Waals surface area contributed by atoms with Crippen molar-refractivity contribution in [1.82, 2.24) is 19.1 Å². The lowest BCUT2D eigenvalue weighted by Crippen LogP contribution is -2.09. The average molecular weight is 655 g/mol. The lowest BCUT2D eigenvalue weighted by molar-refractivity contribution is 0.842. The molecule has 0 bridgehead atoms. The number of para-hydroxylation sites is 2. The summed E-state index contributed by atoms with van der Waals surface area (Å²) in [5.74, 6) is 0.692. The number of rotatable bonds is 5. The molecule has 0 radical (unpaired) electrons. The van der Waals surface area contributed by atoms with Gasteiger partial charge >= 0.3 is 0 Å². The van der Waals surface area contributed by atoms with Crippen molar-refractivity contribution in [3.63, 3.8) is 0 Å². The minimum absolute atomic E-state index is 0.692. The Kier molecular flexibility index (Phi) is 5.95. The van der Waals surface area contributed by atoms with Crippen molar-refractivity contribution >= 4 is 70.9 Å². The van der Waals surface area contributed by atoms with E-state index < -0.39 is 0 Å². The first-order chi connectivity index (χ1) is 25.2. The summed E-state index contributed by atoms with van der Waals surface area (Å²) in [7, 11) is 0. The first kappa shape index (κ1) is 28.6. The van der Waals surface area contributed by atoms with Crippen molar-refractivity contribution in [1.29, 1.82) is 0 Å². The predicted molar refractivity (Wildman–Crippen MR) is 214 cm³/mol. The van der Waals surface area contributed by atoms with Crippen LogP contribution in [0.2, 0.25) is 0 Å². The Bertz CT molecular complexity index is 3040. The molecule has 0 spiro atoms. The number of benzene rings is 6. The fourth-order valence-corrected chi connectivity index (χ4v) is 8.75. The molecule has 0 saturated heterocycles. The first-order valence-electron chi connectivity index (χ1n) is 18.0. The maximum atomic E-state index is 5.45. The highest BCUT2D eigenvalue weighted by Gasteiger charge is 2.28. The monoisotopic (exact) mass is 654 g/mol. The maximum absolute atomic E-state index is 5.45. The maximum Gasteiger partial charge on any atom is 0.235 e. The Morgan fingerprint density at radius 3 is 1.90 bits per heavy atom. The van der Waals surface area contributed by atoms with E-state index in [-0.39, 0.29) is 0 Å². The van der Waals surface area contributed by atoms with Gasteiger partial charge in [0.1, 0.15) is 0 Å². The van der Waals surface area contributed by atoms with E-state index in [0.717, 1.165) is 58.9 Å². The van der Waals surface area contributed by atoms with Crippen molar-refractivity contribution in [3.05, 3.63) is 162 Å². The molecule has 51 heavy (non-hydrogen) atoms. The summed E-state index contributed by atoms with van der Waals surface area (Å²) in [4.78, 5) is 10.8. The number of allylic oxidation sites excluding steroid dienone is 5. The van der Waals surface area contributed by atoms with Gasteiger partial charge < -0.3 is 4.57 Å². The van der Waals surface area contributed by atoms with E-state index in [4.69, 9.17) is 9.97 Å². The van der Waals surface area contributed by atoms with Crippen LogP contribution in [0.3, 0.4) is 0 Å². The van der Waals surface area contributed by atoms with Crippen LogP contribution >= 0.6 is 0 Å². The molecular formula is C47H34N4. The molecular weight excluding hydrogens is 621 g/mol. The van der Waals surface area contributed by atoms with Crippen molar-refractivity contribution in [2.75, 3.05) is 0 Å². The standard InChI is InChI=1S/C47H34N4/c1-3-4-6-13-28(2)44-36-18-11-12-19-39(36)48-47(49-44)51-41-27-32-23-21-30(32)25-38(41)43-45(51)35-17-10-9-16-34(35)42-37-24-29-20-22-31(29)26-40(37)50(46(42)43)33-14-7-5-8-15-33/h3-19,24-27H,1,20-23H2,2H3/b6-4-,28-13+. The van der Waals surface area contributed by atoms with Crippen LogP contribution < -0.4 is 0 Å². The van der Waals surface area contributed by atoms with Crippen LogP contribution in [0.1, 0.15) is 34.9 Å². The zero-order valence-corrected chi connectivity index (χ0v) is 28.4. The van der Waals surface area contributed by atoms with E-state index in [2.05, 4.69) is 132 Å². The summed E-state index contributed by atoms with van der Waals surface area (Å²) in [6.45, 7) is 5.99. The quantitative estimate of drug-likeness (QED) is 0.173. The van der Waals surface area contributed by atoms with Gasteiger partial charge in [0, 0.05) is 38.0 Å². The summed E-state index contributed by atoms with van der Waals surface area (Å²) < 4.78 is 4.91. The largest absolute Gasteiger partial charge is 0.309 e. The third-order valence-electron chi connectivity index (χ3n) is 11.4. The molecule has 242 valence electrons. The fraction of sp³-hybridized carbons (Fsp3) is 0.106. The van der Waals surface area contributed by atoms with Crippen LogP contribution in [0.15, 0.2) is 134 Å². The van der Waals surface area contributed by atoms with Crippen molar-refractivity contribution in [2.45, 2.75) is 32.6 Å². The van der Waals surface area contributed by atoms with Gasteiger partial charge in [0.15, 0.2) is 0 Å². The van der Waals surface area contributed by atoms with Crippen molar-refractivity contribution < 1.29 is 0 Å². The Morgan fingerprint density at radius 1 is 0.588 bits per heavy atom. The van der Waals surface area contributed by atoms with Crippen LogP contribution in [0.5, 0.6) is 0 Å². The first-order valence-corrected chi connectivity index (χ1v) is 18.0. The lowest BCUT2D eigenvalue weighted by Gasteiger charge is -2.19. The topological polar surface area (TPSA) is 35.6 Å². The number of nitrogens with zero attached hydrogens (tertiary/aromatic N) is 4. The molecule has 4 nitrogen and oxygen atoms in total. The van der Waals surface area contributed by atoms with Gasteiger partial charge in [-0.05, 0) is 108 Å². The fourth-order valence-electron chi connectivity index (χ4n) is 8.75. The molecule has 4 heteroatoms. The van der Waals surface area contributed by atoms with E-state index >= 15 is 0 Å². The predicted octanol–water partition coefficient (Wildman–Crippen LogP) is 11.3. The Morgan fingerprint density at radius 2 is 1.20 bits per heavy atom. The molecule has 2 aliphatic carbocycles. The molecule has 0 N–H and O–H groups in total. The smallest absolute Gasteiger partial charge is 0.235 e. The number of hydrogen-bond donors (Lipinski definition) is 0. The summed E-state index contributed by atoms with van der Waals surface area (Å²) in [5, 5.41) is 8.68. The third-order valence-corrected chi connectivity index (χ3v) is 11.4. The highest BCUT2D eigenvalue weighted by molar-refractivity contribution is 6.36. The average Bonchev–Trinajstić information content (AvgIpc) is 3.65. The molecule has 0 amide bonds. The minimum Gasteiger partial charge on any atom is -0.309 e. The van der Waals surface area contributed by atoms with Gasteiger partial charge in [-0.3, -0.25) is 4.57 Å². The Labute approximate surface area is 295 Å². The second kappa shape index (κ2) is 10.6. The lowest BCUT2D eigenvalue weighted by atomic mass is 9.86. The van der Waals surface area contributed by atoms with E-state index in [1.54, 1.807) is 6.08 Å². The second-order valence-corrected chi connectivity index (χ2v) is 14.1. The molecule has 2 aliphatic rings. The molecule has 0 atom stereocenters. The van der Waals surface area contributed by atoms with Crippen LogP contribution in [0, 0.1) is 0 Å². The van der Waals surface area contributed by atoms with Crippen molar-refractivity contribution in [3.8, 4) is 11.6 Å². The van der Waals surface area contributed by atoms with Gasteiger partial charge in [-0.25, -0.2) is 9.97 Å². The normalized spacial score (nSPS) is 14.2. The number of fused-ring (bicyclic) bond motifs is 13. The zero-order chi connectivity index (χ0) is 33.8. The zero-order valence-electron chi connectivity index (χ0n) is 28.4. The number of hydrogen-bond acceptors (Lipinski definition) is 2. The molecule has 11 rings (SSSR count). The molecule has 0 fully saturated rings. The van der Waals surface area contributed by atoms with Gasteiger partial charge in [-0.1, -0.05) is 91.5 Å². The summed E-state index contributed by atoms with van der Waals surface area (Å²) in [6, 6.07) is 38.1. The minimum atomic E-state index is 0.692. The van der Waals surface area contributed by atoms with Gasteiger partial charge in [0.05, 0.1) is 33.3 Å². The molecule has 3 aromatic heterocycles. The molecule has 0 saturated carbocycles. The van der Waals surface area contributed by atoms with Crippen LogP contribution in [0.4, 0.5) is 0 Å². The summed E-state index contributed by atoms with van der Waals surface area (Å²) >= 11 is 0. The number of aryl methyl sites for hydroxylation is 4. The SMILES string of the molecule is C=C/C=C\C=C(/C)c1nc(-n2c3cc4c(cc3c3c2c2ccccc2c2c5cc6c(cc5n(-c5ccccc5)c23)CC6)CC4)nc2ccccc12. The molecule has 0 unspecified atom stereocenters. The van der Waals surface area contributed by atoms with E-state index in [0.29, 0.717) is 5.95 Å². The highest BCUT2D eigenvalue weighted by Crippen LogP contribution is 2.48. The highest BCUT2D eigenvalue weighted by atomic mass is 15.2. The Balaban J connectivity index is 1.38. The Hall–Kier alpha value is -6.26. The van der Waals surface area contributed by atoms with Crippen LogP contribution in [-0.2, 0) is 25.7 Å². The summed E-state index contributed by atoms with van der Waals surface area (Å²) in [5.41, 5.74) is 14.8. The molecule has 0 aliphatic heterocycles. The van der Waals surface area contributed by atoms with E-state index in [1.165, 1.54) is 71.3 Å². The van der Waals surface area contributed by atoms with Crippen molar-refractivity contribution in [2.24, 2.45) is 0 Å². The number of aromatic nitrogens is 4. The van der Waals surface area contributed by atoms with E-state index in [9.17, 15) is 0 Å². The van der Waals surface area contributed by atoms with Gasteiger partial charge in [-0.2, -0.15) is 0 Å². The molecule has 3 heterocycles. The van der Waals surface area contributed by atoms with Gasteiger partial charge in [0.2, 0.25) is 5.95 Å². The second-order valence-electron chi connectivity index (χ2n) is 14.1. The van der Waals surface area contributed by atoms with E-state index in [1.807, 2.05) is 12.2 Å². The molecule has 6 aromatic carbocycles. The van der Waals surface area contributed by atoms with Crippen LogP contribution in [-0.4, -0.2) is 19.1 Å². The third kappa shape index (κ3) is 3.96. The van der Waals surface area contributed by atoms with Gasteiger partial charge in [0.25, 0.3) is 0 Å².